The van der Waals surface area contributed by atoms with E-state index in [0.29, 0.717) is 31.6 Å². The minimum absolute atomic E-state index is 0.0490. The van der Waals surface area contributed by atoms with Crippen LogP contribution in [0.1, 0.15) is 11.1 Å². The molecule has 0 unspecified atom stereocenters. The summed E-state index contributed by atoms with van der Waals surface area (Å²) in [7, 11) is 1.46. The first-order valence-corrected chi connectivity index (χ1v) is 12.5. The van der Waals surface area contributed by atoms with Crippen molar-refractivity contribution >= 4 is 68.7 Å². The molecule has 0 saturated carbocycles. The van der Waals surface area contributed by atoms with Gasteiger partial charge in [0.25, 0.3) is 5.91 Å². The van der Waals surface area contributed by atoms with Gasteiger partial charge >= 0.3 is 6.03 Å². The molecule has 0 atom stereocenters. The van der Waals surface area contributed by atoms with Crippen LogP contribution >= 0.6 is 39.1 Å². The van der Waals surface area contributed by atoms with Gasteiger partial charge in [-0.05, 0) is 69.5 Å². The Kier molecular flexibility index (Phi) is 8.55. The lowest BCUT2D eigenvalue weighted by atomic mass is 10.1. The molecule has 38 heavy (non-hydrogen) atoms. The average molecular weight is 623 g/mol. The van der Waals surface area contributed by atoms with Crippen LogP contribution < -0.4 is 20.1 Å². The van der Waals surface area contributed by atoms with Crippen molar-refractivity contribution in [2.24, 2.45) is 0 Å². The van der Waals surface area contributed by atoms with Crippen LogP contribution in [-0.2, 0) is 16.2 Å². The number of carbonyl (C=O) groups is 3. The number of ether oxygens (including phenoxy) is 2. The Hall–Kier alpha value is -3.60. The van der Waals surface area contributed by atoms with Gasteiger partial charge in [0, 0.05) is 0 Å². The van der Waals surface area contributed by atoms with Crippen LogP contribution in [0, 0.1) is 5.82 Å². The van der Waals surface area contributed by atoms with Crippen molar-refractivity contribution in [3.8, 4) is 11.5 Å². The van der Waals surface area contributed by atoms with Crippen molar-refractivity contribution in [3.63, 3.8) is 0 Å². The molecule has 4 rings (SSSR count). The van der Waals surface area contributed by atoms with Crippen molar-refractivity contribution in [1.82, 2.24) is 10.2 Å². The Balaban J connectivity index is 1.47. The maximum atomic E-state index is 13.8. The van der Waals surface area contributed by atoms with Gasteiger partial charge < -0.3 is 20.1 Å². The molecule has 1 fully saturated rings. The number of hydrogen-bond donors (Lipinski definition) is 2. The Morgan fingerprint density at radius 1 is 1.13 bits per heavy atom. The third kappa shape index (κ3) is 6.27. The minimum atomic E-state index is -0.780. The normalized spacial score (nSPS) is 14.0. The maximum Gasteiger partial charge on any atom is 0.329 e. The van der Waals surface area contributed by atoms with Gasteiger partial charge in [-0.15, -0.1) is 0 Å². The molecule has 1 aliphatic rings. The summed E-state index contributed by atoms with van der Waals surface area (Å²) in [6, 6.07) is 13.2. The highest BCUT2D eigenvalue weighted by atomic mass is 79.9. The van der Waals surface area contributed by atoms with Crippen LogP contribution in [-0.4, -0.2) is 36.4 Å². The first-order chi connectivity index (χ1) is 18.2. The number of hydrogen-bond acceptors (Lipinski definition) is 5. The largest absolute Gasteiger partial charge is 0.493 e. The van der Waals surface area contributed by atoms with Crippen molar-refractivity contribution in [2.45, 2.75) is 6.61 Å². The summed E-state index contributed by atoms with van der Waals surface area (Å²) in [5, 5.41) is 5.63. The molecule has 8 nitrogen and oxygen atoms in total. The number of carbonyl (C=O) groups excluding carboxylic acids is 3. The molecule has 3 aromatic rings. The van der Waals surface area contributed by atoms with Gasteiger partial charge in [-0.1, -0.05) is 41.4 Å². The number of para-hydroxylation sites is 1. The SMILES string of the molecule is COc1cc(/C=C2/NC(=O)N(CC(=O)Nc3ccccc3F)C2=O)cc(Br)c1OCc1ccc(Cl)c(Cl)c1. The molecule has 1 heterocycles. The molecule has 12 heteroatoms. The zero-order valence-electron chi connectivity index (χ0n) is 19.7. The van der Waals surface area contributed by atoms with E-state index in [4.69, 9.17) is 32.7 Å². The average Bonchev–Trinajstić information content (AvgIpc) is 3.13. The third-order valence-electron chi connectivity index (χ3n) is 5.34. The number of urea groups is 1. The summed E-state index contributed by atoms with van der Waals surface area (Å²) >= 11 is 15.5. The predicted octanol–water partition coefficient (Wildman–Crippen LogP) is 6.01. The minimum Gasteiger partial charge on any atom is -0.493 e. The van der Waals surface area contributed by atoms with Gasteiger partial charge in [0.2, 0.25) is 5.91 Å². The van der Waals surface area contributed by atoms with E-state index in [-0.39, 0.29) is 18.0 Å². The summed E-state index contributed by atoms with van der Waals surface area (Å²) in [5.41, 5.74) is 1.20. The van der Waals surface area contributed by atoms with Crippen molar-refractivity contribution in [1.29, 1.82) is 0 Å². The quantitative estimate of drug-likeness (QED) is 0.237. The predicted molar refractivity (Wildman–Crippen MR) is 145 cm³/mol. The number of nitrogens with one attached hydrogen (secondary N) is 2. The summed E-state index contributed by atoms with van der Waals surface area (Å²) in [6.45, 7) is -0.407. The molecule has 0 radical (unpaired) electrons. The topological polar surface area (TPSA) is 97.0 Å². The lowest BCUT2D eigenvalue weighted by molar-refractivity contribution is -0.127. The monoisotopic (exact) mass is 621 g/mol. The number of imide groups is 1. The van der Waals surface area contributed by atoms with Gasteiger partial charge in [-0.2, -0.15) is 0 Å². The van der Waals surface area contributed by atoms with E-state index in [2.05, 4.69) is 26.6 Å². The molecular formula is C26H19BrCl2FN3O5. The van der Waals surface area contributed by atoms with Crippen molar-refractivity contribution in [3.05, 3.63) is 91.8 Å². The van der Waals surface area contributed by atoms with Crippen LogP contribution in [0.4, 0.5) is 14.9 Å². The zero-order chi connectivity index (χ0) is 27.4. The number of halogens is 4. The number of methoxy groups -OCH3 is 1. The van der Waals surface area contributed by atoms with Gasteiger partial charge in [-0.3, -0.25) is 9.59 Å². The number of rotatable bonds is 8. The maximum absolute atomic E-state index is 13.8. The zero-order valence-corrected chi connectivity index (χ0v) is 22.8. The Morgan fingerprint density at radius 3 is 2.61 bits per heavy atom. The van der Waals surface area contributed by atoms with Crippen molar-refractivity contribution in [2.75, 3.05) is 19.0 Å². The summed E-state index contributed by atoms with van der Waals surface area (Å²) in [4.78, 5) is 38.2. The molecule has 196 valence electrons. The van der Waals surface area contributed by atoms with Crippen LogP contribution in [0.25, 0.3) is 6.08 Å². The Morgan fingerprint density at radius 2 is 1.89 bits per heavy atom. The summed E-state index contributed by atoms with van der Waals surface area (Å²) < 4.78 is 25.7. The second-order valence-corrected chi connectivity index (χ2v) is 9.65. The smallest absolute Gasteiger partial charge is 0.329 e. The van der Waals surface area contributed by atoms with Crippen molar-refractivity contribution < 1.29 is 28.2 Å². The molecule has 1 aliphatic heterocycles. The van der Waals surface area contributed by atoms with Gasteiger partial charge in [0.15, 0.2) is 11.5 Å². The molecule has 3 aromatic carbocycles. The van der Waals surface area contributed by atoms with Crippen LogP contribution in [0.3, 0.4) is 0 Å². The highest BCUT2D eigenvalue weighted by Gasteiger charge is 2.35. The molecule has 2 N–H and O–H groups in total. The lowest BCUT2D eigenvalue weighted by Gasteiger charge is -2.14. The lowest BCUT2D eigenvalue weighted by Crippen LogP contribution is -2.38. The number of anilines is 1. The molecule has 0 bridgehead atoms. The first kappa shape index (κ1) is 27.4. The van der Waals surface area contributed by atoms with E-state index in [1.807, 2.05) is 0 Å². The van der Waals surface area contributed by atoms with E-state index >= 15 is 0 Å². The second-order valence-electron chi connectivity index (χ2n) is 7.98. The van der Waals surface area contributed by atoms with Crippen LogP contribution in [0.5, 0.6) is 11.5 Å². The highest BCUT2D eigenvalue weighted by molar-refractivity contribution is 9.10. The molecule has 1 saturated heterocycles. The summed E-state index contributed by atoms with van der Waals surface area (Å²) in [5.74, 6) is -1.30. The fraction of sp³-hybridized carbons (Fsp3) is 0.115. The van der Waals surface area contributed by atoms with Gasteiger partial charge in [0.1, 0.15) is 24.7 Å². The standard InChI is InChI=1S/C26H19BrCl2FN3O5/c1-37-22-11-15(8-16(27)24(22)38-13-14-6-7-17(28)18(29)9-14)10-21-25(35)33(26(36)32-21)12-23(34)31-20-5-3-2-4-19(20)30/h2-11H,12-13H2,1H3,(H,31,34)(H,32,36)/b21-10+. The Labute approximate surface area is 235 Å². The summed E-state index contributed by atoms with van der Waals surface area (Å²) in [6.07, 6.45) is 1.44. The van der Waals surface area contributed by atoms with Gasteiger partial charge in [0.05, 0.1) is 27.3 Å². The fourth-order valence-electron chi connectivity index (χ4n) is 3.53. The molecule has 0 aromatic heterocycles. The van der Waals surface area contributed by atoms with Gasteiger partial charge in [-0.25, -0.2) is 14.1 Å². The second kappa shape index (κ2) is 11.8. The molecule has 4 amide bonds. The third-order valence-corrected chi connectivity index (χ3v) is 6.67. The Bertz CT molecular complexity index is 1470. The number of benzene rings is 3. The number of amides is 4. The molecular weight excluding hydrogens is 604 g/mol. The van der Waals surface area contributed by atoms with E-state index in [1.54, 1.807) is 36.4 Å². The van der Waals surface area contributed by atoms with E-state index in [0.717, 1.165) is 10.5 Å². The first-order valence-electron chi connectivity index (χ1n) is 11.0. The van der Waals surface area contributed by atoms with E-state index in [9.17, 15) is 18.8 Å². The van der Waals surface area contributed by atoms with Crippen LogP contribution in [0.15, 0.2) is 64.8 Å². The molecule has 0 spiro atoms. The number of nitrogens with zero attached hydrogens (tertiary/aromatic N) is 1. The molecule has 0 aliphatic carbocycles. The highest BCUT2D eigenvalue weighted by Crippen LogP contribution is 2.38. The van der Waals surface area contributed by atoms with E-state index in [1.165, 1.54) is 31.4 Å². The fourth-order valence-corrected chi connectivity index (χ4v) is 4.42. The van der Waals surface area contributed by atoms with E-state index < -0.39 is 30.2 Å². The van der Waals surface area contributed by atoms with Crippen LogP contribution in [0.2, 0.25) is 10.0 Å².